The van der Waals surface area contributed by atoms with Crippen molar-refractivity contribution in [3.63, 3.8) is 0 Å². The molecule has 94 valence electrons. The summed E-state index contributed by atoms with van der Waals surface area (Å²) in [6.07, 6.45) is 1.31. The molecule has 0 aliphatic heterocycles. The van der Waals surface area contributed by atoms with E-state index >= 15 is 0 Å². The number of phenolic OH excluding ortho intramolecular Hbond substituents is 1. The molecule has 0 atom stereocenters. The average molecular weight is 239 g/mol. The molecule has 0 amide bonds. The van der Waals surface area contributed by atoms with Gasteiger partial charge in [-0.2, -0.15) is 0 Å². The Morgan fingerprint density at radius 1 is 1.41 bits per heavy atom. The summed E-state index contributed by atoms with van der Waals surface area (Å²) in [5, 5.41) is 9.88. The molecule has 17 heavy (non-hydrogen) atoms. The maximum Gasteiger partial charge on any atom is 0.337 e. The maximum absolute atomic E-state index is 11.4. The molecular weight excluding hydrogens is 222 g/mol. The Labute approximate surface area is 100 Å². The van der Waals surface area contributed by atoms with E-state index in [1.807, 2.05) is 0 Å². The van der Waals surface area contributed by atoms with Gasteiger partial charge in [-0.05, 0) is 37.1 Å². The lowest BCUT2D eigenvalue weighted by molar-refractivity contribution is 0.0600. The summed E-state index contributed by atoms with van der Waals surface area (Å²) in [7, 11) is 2.74. The highest BCUT2D eigenvalue weighted by Gasteiger charge is 2.14. The second-order valence-corrected chi connectivity index (χ2v) is 3.57. The average Bonchev–Trinajstić information content (AvgIpc) is 2.36. The number of methoxy groups -OCH3 is 2. The molecule has 0 radical (unpaired) electrons. The van der Waals surface area contributed by atoms with Crippen LogP contribution in [0.5, 0.6) is 11.5 Å². The number of esters is 1. The SMILES string of the molecule is COC(=O)c1cc(CCCN)c(O)c(OC)c1. The molecule has 0 saturated heterocycles. The van der Waals surface area contributed by atoms with Gasteiger partial charge in [0.05, 0.1) is 19.8 Å². The lowest BCUT2D eigenvalue weighted by Crippen LogP contribution is -2.05. The van der Waals surface area contributed by atoms with E-state index in [0.717, 1.165) is 6.42 Å². The van der Waals surface area contributed by atoms with E-state index < -0.39 is 5.97 Å². The van der Waals surface area contributed by atoms with Gasteiger partial charge in [0.25, 0.3) is 0 Å². The monoisotopic (exact) mass is 239 g/mol. The summed E-state index contributed by atoms with van der Waals surface area (Å²) in [6.45, 7) is 0.518. The van der Waals surface area contributed by atoms with Crippen LogP contribution in [0, 0.1) is 0 Å². The summed E-state index contributed by atoms with van der Waals surface area (Å²) in [5.41, 5.74) is 6.41. The van der Waals surface area contributed by atoms with Crippen molar-refractivity contribution >= 4 is 5.97 Å². The van der Waals surface area contributed by atoms with Gasteiger partial charge in [0.1, 0.15) is 0 Å². The first-order valence-corrected chi connectivity index (χ1v) is 5.32. The Hall–Kier alpha value is -1.75. The fourth-order valence-corrected chi connectivity index (χ4v) is 1.54. The van der Waals surface area contributed by atoms with E-state index in [0.29, 0.717) is 24.1 Å². The third-order valence-corrected chi connectivity index (χ3v) is 2.45. The molecule has 0 aliphatic carbocycles. The van der Waals surface area contributed by atoms with Gasteiger partial charge in [0.15, 0.2) is 11.5 Å². The normalized spacial score (nSPS) is 10.1. The largest absolute Gasteiger partial charge is 0.504 e. The maximum atomic E-state index is 11.4. The Balaban J connectivity index is 3.13. The molecular formula is C12H17NO4. The van der Waals surface area contributed by atoms with Crippen molar-refractivity contribution in [2.24, 2.45) is 5.73 Å². The molecule has 0 bridgehead atoms. The molecule has 1 rings (SSSR count). The first-order chi connectivity index (χ1) is 8.13. The number of carbonyl (C=O) groups is 1. The van der Waals surface area contributed by atoms with E-state index in [4.69, 9.17) is 10.5 Å². The Morgan fingerprint density at radius 2 is 2.12 bits per heavy atom. The van der Waals surface area contributed by atoms with E-state index in [-0.39, 0.29) is 11.5 Å². The van der Waals surface area contributed by atoms with Crippen LogP contribution in [0.4, 0.5) is 0 Å². The smallest absolute Gasteiger partial charge is 0.337 e. The number of aryl methyl sites for hydroxylation is 1. The van der Waals surface area contributed by atoms with Gasteiger partial charge >= 0.3 is 5.97 Å². The van der Waals surface area contributed by atoms with Crippen molar-refractivity contribution in [2.75, 3.05) is 20.8 Å². The van der Waals surface area contributed by atoms with Crippen LogP contribution in [0.2, 0.25) is 0 Å². The lowest BCUT2D eigenvalue weighted by atomic mass is 10.0. The fourth-order valence-electron chi connectivity index (χ4n) is 1.54. The lowest BCUT2D eigenvalue weighted by Gasteiger charge is -2.11. The highest BCUT2D eigenvalue weighted by Crippen LogP contribution is 2.32. The molecule has 0 aliphatic rings. The number of carbonyl (C=O) groups excluding carboxylic acids is 1. The Morgan fingerprint density at radius 3 is 2.65 bits per heavy atom. The van der Waals surface area contributed by atoms with Gasteiger partial charge in [-0.25, -0.2) is 4.79 Å². The molecule has 0 spiro atoms. The molecule has 3 N–H and O–H groups in total. The third-order valence-electron chi connectivity index (χ3n) is 2.45. The van der Waals surface area contributed by atoms with Crippen molar-refractivity contribution in [3.8, 4) is 11.5 Å². The predicted octanol–water partition coefficient (Wildman–Crippen LogP) is 1.08. The second-order valence-electron chi connectivity index (χ2n) is 3.57. The molecule has 0 heterocycles. The molecule has 0 aromatic heterocycles. The summed E-state index contributed by atoms with van der Waals surface area (Å²) in [4.78, 5) is 11.4. The zero-order valence-corrected chi connectivity index (χ0v) is 10.0. The molecule has 1 aromatic rings. The van der Waals surface area contributed by atoms with Gasteiger partial charge in [-0.3, -0.25) is 0 Å². The molecule has 1 aromatic carbocycles. The van der Waals surface area contributed by atoms with Crippen molar-refractivity contribution in [1.29, 1.82) is 0 Å². The minimum atomic E-state index is -0.461. The number of aromatic hydroxyl groups is 1. The highest BCUT2D eigenvalue weighted by atomic mass is 16.5. The van der Waals surface area contributed by atoms with Crippen molar-refractivity contribution in [1.82, 2.24) is 0 Å². The summed E-state index contributed by atoms with van der Waals surface area (Å²) >= 11 is 0. The highest BCUT2D eigenvalue weighted by molar-refractivity contribution is 5.90. The number of nitrogens with two attached hydrogens (primary N) is 1. The number of hydrogen-bond donors (Lipinski definition) is 2. The molecule has 0 unspecified atom stereocenters. The number of phenols is 1. The topological polar surface area (TPSA) is 81.8 Å². The van der Waals surface area contributed by atoms with Crippen LogP contribution in [-0.4, -0.2) is 31.8 Å². The zero-order chi connectivity index (χ0) is 12.8. The number of benzene rings is 1. The minimum absolute atomic E-state index is 0.0496. The van der Waals surface area contributed by atoms with E-state index in [1.165, 1.54) is 20.3 Å². The number of hydrogen-bond acceptors (Lipinski definition) is 5. The van der Waals surface area contributed by atoms with Crippen molar-refractivity contribution < 1.29 is 19.4 Å². The van der Waals surface area contributed by atoms with Crippen LogP contribution in [0.1, 0.15) is 22.3 Å². The number of ether oxygens (including phenoxy) is 2. The first-order valence-electron chi connectivity index (χ1n) is 5.32. The quantitative estimate of drug-likeness (QED) is 0.751. The minimum Gasteiger partial charge on any atom is -0.504 e. The molecule has 0 fully saturated rings. The number of rotatable bonds is 5. The standard InChI is InChI=1S/C12H17NO4/c1-16-10-7-9(12(15)17-2)6-8(11(10)14)4-3-5-13/h6-7,14H,3-5,13H2,1-2H3. The summed E-state index contributed by atoms with van der Waals surface area (Å²) in [6, 6.07) is 3.05. The fraction of sp³-hybridized carbons (Fsp3) is 0.417. The van der Waals surface area contributed by atoms with Gasteiger partial charge in [0, 0.05) is 0 Å². The van der Waals surface area contributed by atoms with Crippen molar-refractivity contribution in [2.45, 2.75) is 12.8 Å². The van der Waals surface area contributed by atoms with Crippen LogP contribution in [-0.2, 0) is 11.2 Å². The molecule has 5 heteroatoms. The first kappa shape index (κ1) is 13.3. The third kappa shape index (κ3) is 3.10. The molecule has 5 nitrogen and oxygen atoms in total. The van der Waals surface area contributed by atoms with Crippen LogP contribution >= 0.6 is 0 Å². The van der Waals surface area contributed by atoms with Crippen LogP contribution in [0.15, 0.2) is 12.1 Å². The Kier molecular flexibility index (Phi) is 4.78. The zero-order valence-electron chi connectivity index (χ0n) is 10.0. The van der Waals surface area contributed by atoms with Gasteiger partial charge in [-0.15, -0.1) is 0 Å². The van der Waals surface area contributed by atoms with Crippen LogP contribution in [0.25, 0.3) is 0 Å². The van der Waals surface area contributed by atoms with E-state index in [1.54, 1.807) is 6.07 Å². The van der Waals surface area contributed by atoms with E-state index in [2.05, 4.69) is 4.74 Å². The van der Waals surface area contributed by atoms with Crippen LogP contribution < -0.4 is 10.5 Å². The van der Waals surface area contributed by atoms with Gasteiger partial charge < -0.3 is 20.3 Å². The summed E-state index contributed by atoms with van der Waals surface area (Å²) < 4.78 is 9.65. The Bertz CT molecular complexity index is 404. The summed E-state index contributed by atoms with van der Waals surface area (Å²) in [5.74, 6) is -0.147. The predicted molar refractivity (Wildman–Crippen MR) is 63.4 cm³/mol. The van der Waals surface area contributed by atoms with Crippen LogP contribution in [0.3, 0.4) is 0 Å². The molecule has 0 saturated carbocycles. The second kappa shape index (κ2) is 6.10. The van der Waals surface area contributed by atoms with Gasteiger partial charge in [0.2, 0.25) is 0 Å². The van der Waals surface area contributed by atoms with Crippen molar-refractivity contribution in [3.05, 3.63) is 23.3 Å². The van der Waals surface area contributed by atoms with Gasteiger partial charge in [-0.1, -0.05) is 0 Å². The van der Waals surface area contributed by atoms with E-state index in [9.17, 15) is 9.90 Å².